The third-order valence-electron chi connectivity index (χ3n) is 3.32. The molecule has 1 atom stereocenters. The second-order valence-electron chi connectivity index (χ2n) is 5.23. The van der Waals surface area contributed by atoms with Crippen molar-refractivity contribution in [3.63, 3.8) is 0 Å². The number of fused-ring (bicyclic) bond motifs is 1. The Kier molecular flexibility index (Phi) is 4.37. The van der Waals surface area contributed by atoms with E-state index >= 15 is 0 Å². The second-order valence-corrected chi connectivity index (χ2v) is 5.23. The van der Waals surface area contributed by atoms with Crippen molar-refractivity contribution in [1.29, 1.82) is 0 Å². The molecule has 0 aromatic heterocycles. The van der Waals surface area contributed by atoms with E-state index in [0.29, 0.717) is 19.1 Å². The summed E-state index contributed by atoms with van der Waals surface area (Å²) in [6.07, 6.45) is 0.924. The van der Waals surface area contributed by atoms with Crippen molar-refractivity contribution < 1.29 is 9.53 Å². The predicted molar refractivity (Wildman–Crippen MR) is 71.3 cm³/mol. The van der Waals surface area contributed by atoms with E-state index < -0.39 is 0 Å². The fourth-order valence-electron chi connectivity index (χ4n) is 2.20. The molecule has 1 aromatic carbocycles. The summed E-state index contributed by atoms with van der Waals surface area (Å²) < 4.78 is 5.37. The van der Waals surface area contributed by atoms with Crippen LogP contribution in [-0.2, 0) is 16.1 Å². The minimum absolute atomic E-state index is 0.102. The van der Waals surface area contributed by atoms with Gasteiger partial charge in [0.2, 0.25) is 0 Å². The molecule has 98 valence electrons. The molecule has 0 saturated carbocycles. The maximum atomic E-state index is 12.1. The van der Waals surface area contributed by atoms with Crippen molar-refractivity contribution in [1.82, 2.24) is 5.32 Å². The molecule has 1 N–H and O–H groups in total. The highest BCUT2D eigenvalue weighted by Crippen LogP contribution is 2.24. The van der Waals surface area contributed by atoms with Gasteiger partial charge >= 0.3 is 5.97 Å². The van der Waals surface area contributed by atoms with Gasteiger partial charge in [-0.3, -0.25) is 4.79 Å². The lowest BCUT2D eigenvalue weighted by Crippen LogP contribution is -2.33. The van der Waals surface area contributed by atoms with Crippen LogP contribution in [-0.4, -0.2) is 19.1 Å². The summed E-state index contributed by atoms with van der Waals surface area (Å²) >= 11 is 0. The number of rotatable bonds is 4. The average molecular weight is 247 g/mol. The summed E-state index contributed by atoms with van der Waals surface area (Å²) in [5, 5.41) is 3.27. The van der Waals surface area contributed by atoms with Gasteiger partial charge in [-0.05, 0) is 23.5 Å². The molecular formula is C15H21NO2. The number of carbonyl (C=O) groups excluding carboxylic acids is 1. The molecule has 0 bridgehead atoms. The minimum Gasteiger partial charge on any atom is -0.465 e. The number of nitrogens with one attached hydrogen (secondary N) is 1. The molecular weight excluding hydrogens is 226 g/mol. The van der Waals surface area contributed by atoms with E-state index in [2.05, 4.69) is 25.2 Å². The van der Waals surface area contributed by atoms with Crippen LogP contribution in [0.25, 0.3) is 0 Å². The Morgan fingerprint density at radius 1 is 1.44 bits per heavy atom. The third kappa shape index (κ3) is 3.10. The van der Waals surface area contributed by atoms with Gasteiger partial charge in [0.15, 0.2) is 0 Å². The van der Waals surface area contributed by atoms with E-state index in [1.54, 1.807) is 0 Å². The highest BCUT2D eigenvalue weighted by Gasteiger charge is 2.27. The summed E-state index contributed by atoms with van der Waals surface area (Å²) in [6, 6.07) is 8.09. The molecule has 1 aliphatic heterocycles. The zero-order chi connectivity index (χ0) is 13.0. The van der Waals surface area contributed by atoms with Crippen molar-refractivity contribution >= 4 is 5.97 Å². The highest BCUT2D eigenvalue weighted by atomic mass is 16.5. The SMILES string of the molecule is CC(C)CCOC(=O)C1CNCc2ccccc21. The van der Waals surface area contributed by atoms with Crippen molar-refractivity contribution in [2.75, 3.05) is 13.2 Å². The maximum absolute atomic E-state index is 12.1. The average Bonchev–Trinajstić information content (AvgIpc) is 2.37. The Morgan fingerprint density at radius 3 is 3.00 bits per heavy atom. The van der Waals surface area contributed by atoms with Crippen LogP contribution in [0, 0.1) is 5.92 Å². The molecule has 2 rings (SSSR count). The molecule has 1 heterocycles. The summed E-state index contributed by atoms with van der Waals surface area (Å²) in [7, 11) is 0. The summed E-state index contributed by atoms with van der Waals surface area (Å²) in [6.45, 7) is 6.30. The first-order chi connectivity index (χ1) is 8.68. The van der Waals surface area contributed by atoms with Crippen LogP contribution in [0.4, 0.5) is 0 Å². The fraction of sp³-hybridized carbons (Fsp3) is 0.533. The van der Waals surface area contributed by atoms with Crippen LogP contribution in [0.5, 0.6) is 0 Å². The molecule has 1 unspecified atom stereocenters. The van der Waals surface area contributed by atoms with Gasteiger partial charge in [0.1, 0.15) is 0 Å². The van der Waals surface area contributed by atoms with E-state index in [9.17, 15) is 4.79 Å². The normalized spacial score (nSPS) is 18.5. The molecule has 1 aromatic rings. The van der Waals surface area contributed by atoms with Gasteiger partial charge in [-0.2, -0.15) is 0 Å². The first kappa shape index (κ1) is 13.1. The van der Waals surface area contributed by atoms with Crippen LogP contribution in [0.3, 0.4) is 0 Å². The summed E-state index contributed by atoms with van der Waals surface area (Å²) in [4.78, 5) is 12.1. The Hall–Kier alpha value is -1.35. The largest absolute Gasteiger partial charge is 0.465 e. The molecule has 0 amide bonds. The van der Waals surface area contributed by atoms with Crippen molar-refractivity contribution in [2.24, 2.45) is 5.92 Å². The Balaban J connectivity index is 1.99. The van der Waals surface area contributed by atoms with Crippen LogP contribution >= 0.6 is 0 Å². The topological polar surface area (TPSA) is 38.3 Å². The lowest BCUT2D eigenvalue weighted by molar-refractivity contribution is -0.145. The first-order valence-corrected chi connectivity index (χ1v) is 6.63. The zero-order valence-electron chi connectivity index (χ0n) is 11.1. The van der Waals surface area contributed by atoms with Gasteiger partial charge < -0.3 is 10.1 Å². The lowest BCUT2D eigenvalue weighted by atomic mass is 9.91. The number of benzene rings is 1. The second kappa shape index (κ2) is 6.01. The monoisotopic (exact) mass is 247 g/mol. The Bertz CT molecular complexity index is 415. The van der Waals surface area contributed by atoms with Crippen LogP contribution in [0.2, 0.25) is 0 Å². The number of carbonyl (C=O) groups is 1. The molecule has 0 saturated heterocycles. The number of esters is 1. The fourth-order valence-corrected chi connectivity index (χ4v) is 2.20. The predicted octanol–water partition coefficient (Wildman–Crippen LogP) is 2.46. The molecule has 3 nitrogen and oxygen atoms in total. The molecule has 0 fully saturated rings. The summed E-state index contributed by atoms with van der Waals surface area (Å²) in [5.41, 5.74) is 2.32. The van der Waals surface area contributed by atoms with Gasteiger partial charge in [-0.15, -0.1) is 0 Å². The molecule has 18 heavy (non-hydrogen) atoms. The van der Waals surface area contributed by atoms with Crippen molar-refractivity contribution in [3.05, 3.63) is 35.4 Å². The van der Waals surface area contributed by atoms with Gasteiger partial charge in [-0.25, -0.2) is 0 Å². The summed E-state index contributed by atoms with van der Waals surface area (Å²) in [5.74, 6) is 0.312. The molecule has 0 aliphatic carbocycles. The number of hydrogen-bond acceptors (Lipinski definition) is 3. The highest BCUT2D eigenvalue weighted by molar-refractivity contribution is 5.79. The number of hydrogen-bond donors (Lipinski definition) is 1. The van der Waals surface area contributed by atoms with E-state index in [-0.39, 0.29) is 11.9 Å². The van der Waals surface area contributed by atoms with E-state index in [0.717, 1.165) is 18.5 Å². The quantitative estimate of drug-likeness (QED) is 0.831. The van der Waals surface area contributed by atoms with Gasteiger partial charge in [0.25, 0.3) is 0 Å². The third-order valence-corrected chi connectivity index (χ3v) is 3.32. The van der Waals surface area contributed by atoms with Crippen LogP contribution < -0.4 is 5.32 Å². The van der Waals surface area contributed by atoms with Crippen molar-refractivity contribution in [3.8, 4) is 0 Å². The van der Waals surface area contributed by atoms with Gasteiger partial charge in [-0.1, -0.05) is 38.1 Å². The van der Waals surface area contributed by atoms with E-state index in [4.69, 9.17) is 4.74 Å². The molecule has 1 aliphatic rings. The van der Waals surface area contributed by atoms with E-state index in [1.807, 2.05) is 18.2 Å². The zero-order valence-corrected chi connectivity index (χ0v) is 11.1. The standard InChI is InChI=1S/C15H21NO2/c1-11(2)7-8-18-15(17)14-10-16-9-12-5-3-4-6-13(12)14/h3-6,11,14,16H,7-10H2,1-2H3. The Morgan fingerprint density at radius 2 is 2.22 bits per heavy atom. The molecule has 0 radical (unpaired) electrons. The van der Waals surface area contributed by atoms with E-state index in [1.165, 1.54) is 5.56 Å². The molecule has 3 heteroatoms. The lowest BCUT2D eigenvalue weighted by Gasteiger charge is -2.25. The van der Waals surface area contributed by atoms with Crippen molar-refractivity contribution in [2.45, 2.75) is 32.7 Å². The van der Waals surface area contributed by atoms with Gasteiger partial charge in [0.05, 0.1) is 12.5 Å². The maximum Gasteiger partial charge on any atom is 0.314 e. The smallest absolute Gasteiger partial charge is 0.314 e. The van der Waals surface area contributed by atoms with Crippen LogP contribution in [0.15, 0.2) is 24.3 Å². The minimum atomic E-state index is -0.151. The Labute approximate surface area is 109 Å². The first-order valence-electron chi connectivity index (χ1n) is 6.63. The number of ether oxygens (including phenoxy) is 1. The molecule has 0 spiro atoms. The van der Waals surface area contributed by atoms with Crippen LogP contribution in [0.1, 0.15) is 37.3 Å². The van der Waals surface area contributed by atoms with Gasteiger partial charge in [0, 0.05) is 13.1 Å².